The van der Waals surface area contributed by atoms with Crippen molar-refractivity contribution in [2.45, 2.75) is 12.1 Å². The number of carbonyl (C=O) groups excluding carboxylic acids is 1. The van der Waals surface area contributed by atoms with E-state index in [0.717, 1.165) is 11.6 Å². The lowest BCUT2D eigenvalue weighted by molar-refractivity contribution is -0.148. The fraction of sp³-hybridized carbons (Fsp3) is 0.227. The van der Waals surface area contributed by atoms with Gasteiger partial charge in [-0.2, -0.15) is 20.7 Å². The van der Waals surface area contributed by atoms with E-state index in [2.05, 4.69) is 0 Å². The van der Waals surface area contributed by atoms with Gasteiger partial charge in [0.25, 0.3) is 5.91 Å². The summed E-state index contributed by atoms with van der Waals surface area (Å²) < 4.78 is 34.6. The number of carbonyl (C=O) groups is 1. The van der Waals surface area contributed by atoms with Crippen molar-refractivity contribution in [1.82, 2.24) is 14.9 Å². The van der Waals surface area contributed by atoms with Gasteiger partial charge in [-0.05, 0) is 40.6 Å². The van der Waals surface area contributed by atoms with Crippen LogP contribution in [0.1, 0.15) is 17.2 Å². The van der Waals surface area contributed by atoms with Crippen molar-refractivity contribution in [2.24, 2.45) is 0 Å². The number of hydrogen-bond donors (Lipinski definition) is 2. The Labute approximate surface area is 186 Å². The minimum Gasteiger partial charge on any atom is -0.507 e. The molecule has 1 saturated heterocycles. The smallest absolute Gasteiger partial charge is 0.276 e. The highest BCUT2D eigenvalue weighted by atomic mass is 32.1. The molecule has 1 amide bonds. The van der Waals surface area contributed by atoms with Crippen molar-refractivity contribution < 1.29 is 28.5 Å². The standard InChI is InChI=1S/C22H19F2N3O4S/c23-15-4-3-14-18(13-6-10-32-11-13)27-12-25(7-1-2-9-31-21(14)17(15)24)22(30)19-20(29)16(28)5-8-26(19)27/h1-6,8,10-11,16,18,28-29H,7,9,12H2/b2-1-/t16?,18-/m1/s1. The van der Waals surface area contributed by atoms with Gasteiger partial charge >= 0.3 is 0 Å². The Morgan fingerprint density at radius 3 is 2.81 bits per heavy atom. The van der Waals surface area contributed by atoms with E-state index < -0.39 is 35.4 Å². The molecule has 3 aliphatic rings. The van der Waals surface area contributed by atoms with Crippen molar-refractivity contribution in [1.29, 1.82) is 0 Å². The summed E-state index contributed by atoms with van der Waals surface area (Å²) >= 11 is 1.44. The van der Waals surface area contributed by atoms with E-state index in [4.69, 9.17) is 4.74 Å². The largest absolute Gasteiger partial charge is 0.507 e. The van der Waals surface area contributed by atoms with E-state index in [-0.39, 0.29) is 31.3 Å². The zero-order valence-electron chi connectivity index (χ0n) is 16.7. The molecule has 4 heterocycles. The van der Waals surface area contributed by atoms with Crippen LogP contribution >= 0.6 is 11.3 Å². The molecule has 5 rings (SSSR count). The molecule has 7 nitrogen and oxygen atoms in total. The molecule has 0 saturated carbocycles. The van der Waals surface area contributed by atoms with E-state index in [1.54, 1.807) is 17.2 Å². The Morgan fingerprint density at radius 2 is 2.03 bits per heavy atom. The Hall–Kier alpha value is -3.21. The van der Waals surface area contributed by atoms with E-state index in [0.29, 0.717) is 5.56 Å². The van der Waals surface area contributed by atoms with Crippen LogP contribution in [0.4, 0.5) is 8.78 Å². The fourth-order valence-electron chi connectivity index (χ4n) is 4.06. The number of aliphatic hydroxyl groups excluding tert-OH is 2. The molecule has 3 atom stereocenters. The molecule has 2 N–H and O–H groups in total. The Kier molecular flexibility index (Phi) is 5.20. The highest BCUT2D eigenvalue weighted by Gasteiger charge is 2.43. The number of fused-ring (bicyclic) bond motifs is 5. The van der Waals surface area contributed by atoms with Crippen LogP contribution in [0.3, 0.4) is 0 Å². The van der Waals surface area contributed by atoms with Gasteiger partial charge in [0.05, 0.1) is 12.7 Å². The van der Waals surface area contributed by atoms with E-state index >= 15 is 0 Å². The van der Waals surface area contributed by atoms with Crippen molar-refractivity contribution in [3.05, 3.63) is 87.6 Å². The number of aliphatic hydroxyl groups is 2. The third-order valence-corrected chi connectivity index (χ3v) is 6.29. The first kappa shape index (κ1) is 20.7. The summed E-state index contributed by atoms with van der Waals surface area (Å²) in [4.78, 5) is 14.6. The third kappa shape index (κ3) is 3.27. The molecule has 1 aromatic heterocycles. The molecule has 166 valence electrons. The van der Waals surface area contributed by atoms with Crippen molar-refractivity contribution in [3.8, 4) is 5.75 Å². The number of amides is 1. The molecule has 1 aromatic carbocycles. The second kappa shape index (κ2) is 8.05. The maximum atomic E-state index is 14.9. The van der Waals surface area contributed by atoms with Gasteiger partial charge in [-0.3, -0.25) is 9.80 Å². The molecule has 0 radical (unpaired) electrons. The molecule has 0 aliphatic carbocycles. The van der Waals surface area contributed by atoms with Crippen LogP contribution in [0.2, 0.25) is 0 Å². The number of thiophene rings is 1. The second-order valence-corrected chi connectivity index (χ2v) is 8.27. The van der Waals surface area contributed by atoms with Crippen LogP contribution in [0.25, 0.3) is 0 Å². The molecule has 2 unspecified atom stereocenters. The normalized spacial score (nSPS) is 26.2. The predicted octanol–water partition coefficient (Wildman–Crippen LogP) is 3.04. The molecular formula is C22H19F2N3O4S. The first-order valence-electron chi connectivity index (χ1n) is 9.89. The maximum Gasteiger partial charge on any atom is 0.276 e. The Morgan fingerprint density at radius 1 is 1.19 bits per heavy atom. The van der Waals surface area contributed by atoms with Gasteiger partial charge in [-0.1, -0.05) is 12.1 Å². The third-order valence-electron chi connectivity index (χ3n) is 5.59. The van der Waals surface area contributed by atoms with Crippen LogP contribution in [-0.2, 0) is 4.79 Å². The number of halogens is 2. The monoisotopic (exact) mass is 459 g/mol. The van der Waals surface area contributed by atoms with Crippen molar-refractivity contribution >= 4 is 17.2 Å². The van der Waals surface area contributed by atoms with Crippen molar-refractivity contribution in [3.63, 3.8) is 0 Å². The number of benzene rings is 1. The summed E-state index contributed by atoms with van der Waals surface area (Å²) in [5.41, 5.74) is 1.04. The van der Waals surface area contributed by atoms with E-state index in [9.17, 15) is 23.8 Å². The minimum absolute atomic E-state index is 0.0119. The molecule has 0 spiro atoms. The summed E-state index contributed by atoms with van der Waals surface area (Å²) in [5.74, 6) is -3.27. The lowest BCUT2D eigenvalue weighted by atomic mass is 9.98. The summed E-state index contributed by atoms with van der Waals surface area (Å²) in [7, 11) is 0. The molecule has 32 heavy (non-hydrogen) atoms. The minimum atomic E-state index is -1.32. The first-order valence-corrected chi connectivity index (χ1v) is 10.8. The van der Waals surface area contributed by atoms with Gasteiger partial charge in [0, 0.05) is 18.3 Å². The van der Waals surface area contributed by atoms with Crippen LogP contribution in [0.5, 0.6) is 5.75 Å². The second-order valence-electron chi connectivity index (χ2n) is 7.49. The van der Waals surface area contributed by atoms with Gasteiger partial charge in [-0.25, -0.2) is 4.39 Å². The number of rotatable bonds is 1. The molecule has 1 fully saturated rings. The number of hydrazine groups is 1. The van der Waals surface area contributed by atoms with Crippen LogP contribution < -0.4 is 4.74 Å². The number of nitrogens with zero attached hydrogens (tertiary/aromatic N) is 3. The first-order chi connectivity index (χ1) is 15.5. The average Bonchev–Trinajstić information content (AvgIpc) is 3.30. The predicted molar refractivity (Wildman–Crippen MR) is 112 cm³/mol. The molecule has 2 aromatic rings. The molecule has 10 heteroatoms. The van der Waals surface area contributed by atoms with Gasteiger partial charge in [0.2, 0.25) is 5.82 Å². The van der Waals surface area contributed by atoms with Gasteiger partial charge in [0.1, 0.15) is 12.7 Å². The van der Waals surface area contributed by atoms with Crippen LogP contribution in [0.15, 0.2) is 64.8 Å². The summed E-state index contributed by atoms with van der Waals surface area (Å²) in [6.45, 7) is 0.286. The van der Waals surface area contributed by atoms with Gasteiger partial charge in [-0.15, -0.1) is 0 Å². The highest BCUT2D eigenvalue weighted by Crippen LogP contribution is 2.42. The fourth-order valence-corrected chi connectivity index (χ4v) is 4.74. The summed E-state index contributed by atoms with van der Waals surface area (Å²) in [6, 6.07) is 3.68. The van der Waals surface area contributed by atoms with Gasteiger partial charge < -0.3 is 19.8 Å². The van der Waals surface area contributed by atoms with E-state index in [1.807, 2.05) is 16.8 Å². The quantitative estimate of drug-likeness (QED) is 0.639. The topological polar surface area (TPSA) is 76.5 Å². The Balaban J connectivity index is 1.75. The highest BCUT2D eigenvalue weighted by molar-refractivity contribution is 7.08. The molecule has 3 aliphatic heterocycles. The lowest BCUT2D eigenvalue weighted by Gasteiger charge is -2.48. The van der Waals surface area contributed by atoms with Gasteiger partial charge in [0.15, 0.2) is 23.0 Å². The van der Waals surface area contributed by atoms with Crippen LogP contribution in [0, 0.1) is 11.6 Å². The average molecular weight is 459 g/mol. The van der Waals surface area contributed by atoms with Crippen LogP contribution in [-0.4, -0.2) is 57.0 Å². The van der Waals surface area contributed by atoms with E-state index in [1.165, 1.54) is 39.6 Å². The zero-order valence-corrected chi connectivity index (χ0v) is 17.5. The maximum absolute atomic E-state index is 14.9. The Bertz CT molecular complexity index is 1150. The SMILES string of the molecule is O=C1C2=C(O)C(O)C=CN2N2CN1C/C=C\COc1c(ccc(F)c1F)[C@H]2c1ccsc1. The number of ether oxygens (including phenoxy) is 1. The molecule has 2 bridgehead atoms. The number of hydrogen-bond acceptors (Lipinski definition) is 7. The molecular weight excluding hydrogens is 440 g/mol. The summed E-state index contributed by atoms with van der Waals surface area (Å²) in [5, 5.41) is 27.6. The summed E-state index contributed by atoms with van der Waals surface area (Å²) in [6.07, 6.45) is 4.82. The van der Waals surface area contributed by atoms with Crippen molar-refractivity contribution in [2.75, 3.05) is 19.8 Å². The zero-order chi connectivity index (χ0) is 22.4. The lowest BCUT2D eigenvalue weighted by Crippen LogP contribution is -2.58.